The van der Waals surface area contributed by atoms with Crippen LogP contribution in [-0.2, 0) is 6.42 Å². The molecule has 0 saturated heterocycles. The first-order valence-corrected chi connectivity index (χ1v) is 6.29. The highest BCUT2D eigenvalue weighted by molar-refractivity contribution is 5.61. The number of nitrogens with one attached hydrogen (secondary N) is 1. The number of benzene rings is 1. The van der Waals surface area contributed by atoms with Gasteiger partial charge in [0.05, 0.1) is 0 Å². The van der Waals surface area contributed by atoms with E-state index in [-0.39, 0.29) is 5.82 Å². The molecule has 0 spiro atoms. The number of nitrogens with zero attached hydrogens (tertiary/aromatic N) is 1. The molecule has 0 aliphatic carbocycles. The lowest BCUT2D eigenvalue weighted by Gasteiger charge is -2.35. The highest BCUT2D eigenvalue weighted by Gasteiger charge is 2.35. The van der Waals surface area contributed by atoms with Gasteiger partial charge in [0.1, 0.15) is 5.82 Å². The predicted molar refractivity (Wildman–Crippen MR) is 70.0 cm³/mol. The van der Waals surface area contributed by atoms with E-state index >= 15 is 0 Å². The molecule has 1 aromatic rings. The number of hydrogen-bond acceptors (Lipinski definition) is 2. The SMILES string of the molecule is CNC(C)C1Cc2c(F)cccc2N1C(C)C. The van der Waals surface area contributed by atoms with Gasteiger partial charge in [-0.1, -0.05) is 6.07 Å². The zero-order valence-electron chi connectivity index (χ0n) is 11.0. The summed E-state index contributed by atoms with van der Waals surface area (Å²) in [5.41, 5.74) is 1.93. The Bertz CT molecular complexity index is 403. The molecule has 2 rings (SSSR count). The van der Waals surface area contributed by atoms with Crippen molar-refractivity contribution in [3.05, 3.63) is 29.6 Å². The van der Waals surface area contributed by atoms with Crippen molar-refractivity contribution in [3.8, 4) is 0 Å². The monoisotopic (exact) mass is 236 g/mol. The fourth-order valence-electron chi connectivity index (χ4n) is 2.75. The van der Waals surface area contributed by atoms with Crippen LogP contribution in [0.1, 0.15) is 26.3 Å². The molecule has 0 bridgehead atoms. The largest absolute Gasteiger partial charge is 0.364 e. The van der Waals surface area contributed by atoms with E-state index in [1.807, 2.05) is 13.1 Å². The maximum Gasteiger partial charge on any atom is 0.128 e. The first-order chi connectivity index (χ1) is 8.06. The first-order valence-electron chi connectivity index (χ1n) is 6.29. The summed E-state index contributed by atoms with van der Waals surface area (Å²) in [4.78, 5) is 2.33. The molecule has 94 valence electrons. The Kier molecular flexibility index (Phi) is 3.38. The van der Waals surface area contributed by atoms with Crippen LogP contribution in [-0.4, -0.2) is 25.2 Å². The zero-order valence-corrected chi connectivity index (χ0v) is 11.0. The van der Waals surface area contributed by atoms with Crippen molar-refractivity contribution >= 4 is 5.69 Å². The van der Waals surface area contributed by atoms with E-state index < -0.39 is 0 Å². The second-order valence-corrected chi connectivity index (χ2v) is 5.09. The topological polar surface area (TPSA) is 15.3 Å². The molecule has 17 heavy (non-hydrogen) atoms. The summed E-state index contributed by atoms with van der Waals surface area (Å²) < 4.78 is 13.8. The average Bonchev–Trinajstić information content (AvgIpc) is 2.68. The zero-order chi connectivity index (χ0) is 12.6. The minimum absolute atomic E-state index is 0.0704. The van der Waals surface area contributed by atoms with Gasteiger partial charge in [-0.05, 0) is 46.4 Å². The summed E-state index contributed by atoms with van der Waals surface area (Å²) in [5, 5.41) is 3.28. The van der Waals surface area contributed by atoms with Crippen LogP contribution < -0.4 is 10.2 Å². The van der Waals surface area contributed by atoms with Crippen LogP contribution in [0.4, 0.5) is 10.1 Å². The first kappa shape index (κ1) is 12.4. The molecule has 0 fully saturated rings. The smallest absolute Gasteiger partial charge is 0.128 e. The maximum absolute atomic E-state index is 13.8. The van der Waals surface area contributed by atoms with E-state index in [9.17, 15) is 4.39 Å². The fraction of sp³-hybridized carbons (Fsp3) is 0.571. The van der Waals surface area contributed by atoms with Crippen LogP contribution in [0.25, 0.3) is 0 Å². The number of rotatable bonds is 3. The van der Waals surface area contributed by atoms with Gasteiger partial charge in [0.15, 0.2) is 0 Å². The highest BCUT2D eigenvalue weighted by Crippen LogP contribution is 2.36. The lowest BCUT2D eigenvalue weighted by molar-refractivity contribution is 0.449. The van der Waals surface area contributed by atoms with Crippen LogP contribution in [0.15, 0.2) is 18.2 Å². The number of fused-ring (bicyclic) bond motifs is 1. The minimum atomic E-state index is -0.0704. The van der Waals surface area contributed by atoms with E-state index in [0.29, 0.717) is 18.1 Å². The van der Waals surface area contributed by atoms with Crippen molar-refractivity contribution in [3.63, 3.8) is 0 Å². The molecule has 0 saturated carbocycles. The van der Waals surface area contributed by atoms with Crippen molar-refractivity contribution in [2.24, 2.45) is 0 Å². The Morgan fingerprint density at radius 2 is 2.06 bits per heavy atom. The molecule has 0 radical (unpaired) electrons. The number of anilines is 1. The van der Waals surface area contributed by atoms with Crippen molar-refractivity contribution < 1.29 is 4.39 Å². The standard InChI is InChI=1S/C14H21FN2/c1-9(2)17-13-7-5-6-12(15)11(13)8-14(17)10(3)16-4/h5-7,9-10,14,16H,8H2,1-4H3. The van der Waals surface area contributed by atoms with Gasteiger partial charge >= 0.3 is 0 Å². The lowest BCUT2D eigenvalue weighted by Crippen LogP contribution is -2.48. The van der Waals surface area contributed by atoms with Gasteiger partial charge in [-0.2, -0.15) is 0 Å². The van der Waals surface area contributed by atoms with Crippen LogP contribution >= 0.6 is 0 Å². The molecule has 1 heterocycles. The molecule has 1 aromatic carbocycles. The molecule has 2 nitrogen and oxygen atoms in total. The van der Waals surface area contributed by atoms with Crippen LogP contribution in [0.5, 0.6) is 0 Å². The molecule has 2 unspecified atom stereocenters. The molecule has 3 heteroatoms. The fourth-order valence-corrected chi connectivity index (χ4v) is 2.75. The van der Waals surface area contributed by atoms with Gasteiger partial charge in [-0.3, -0.25) is 0 Å². The summed E-state index contributed by atoms with van der Waals surface area (Å²) >= 11 is 0. The van der Waals surface area contributed by atoms with Gasteiger partial charge in [0, 0.05) is 29.4 Å². The number of hydrogen-bond donors (Lipinski definition) is 1. The minimum Gasteiger partial charge on any atom is -0.364 e. The van der Waals surface area contributed by atoms with Crippen LogP contribution in [0.3, 0.4) is 0 Å². The second-order valence-electron chi connectivity index (χ2n) is 5.09. The quantitative estimate of drug-likeness (QED) is 0.867. The van der Waals surface area contributed by atoms with E-state index in [1.165, 1.54) is 0 Å². The molecule has 1 aliphatic rings. The summed E-state index contributed by atoms with van der Waals surface area (Å²) in [7, 11) is 1.96. The molecule has 1 aliphatic heterocycles. The lowest BCUT2D eigenvalue weighted by atomic mass is 10.0. The van der Waals surface area contributed by atoms with Gasteiger partial charge < -0.3 is 10.2 Å². The van der Waals surface area contributed by atoms with E-state index in [4.69, 9.17) is 0 Å². The van der Waals surface area contributed by atoms with Crippen molar-refractivity contribution in [1.82, 2.24) is 5.32 Å². The Balaban J connectivity index is 2.41. The second kappa shape index (κ2) is 4.65. The highest BCUT2D eigenvalue weighted by atomic mass is 19.1. The summed E-state index contributed by atoms with van der Waals surface area (Å²) in [6.07, 6.45) is 0.794. The molecule has 2 atom stereocenters. The Hall–Kier alpha value is -1.09. The summed E-state index contributed by atoms with van der Waals surface area (Å²) in [6.45, 7) is 6.48. The van der Waals surface area contributed by atoms with Gasteiger partial charge in [-0.25, -0.2) is 4.39 Å². The summed E-state index contributed by atoms with van der Waals surface area (Å²) in [6, 6.07) is 6.47. The number of halogens is 1. The van der Waals surface area contributed by atoms with Crippen molar-refractivity contribution in [1.29, 1.82) is 0 Å². The Morgan fingerprint density at radius 1 is 1.35 bits per heavy atom. The third-order valence-electron chi connectivity index (χ3n) is 3.73. The van der Waals surface area contributed by atoms with Gasteiger partial charge in [0.2, 0.25) is 0 Å². The van der Waals surface area contributed by atoms with Crippen LogP contribution in [0, 0.1) is 5.82 Å². The Morgan fingerprint density at radius 3 is 2.65 bits per heavy atom. The predicted octanol–water partition coefficient (Wildman–Crippen LogP) is 2.57. The molecule has 0 amide bonds. The van der Waals surface area contributed by atoms with Crippen molar-refractivity contribution in [2.75, 3.05) is 11.9 Å². The molecule has 1 N–H and O–H groups in total. The molecular weight excluding hydrogens is 215 g/mol. The normalized spacial score (nSPS) is 20.8. The third-order valence-corrected chi connectivity index (χ3v) is 3.73. The number of likely N-dealkylation sites (N-methyl/N-ethyl adjacent to an activating group) is 1. The van der Waals surface area contributed by atoms with Crippen LogP contribution in [0.2, 0.25) is 0 Å². The van der Waals surface area contributed by atoms with E-state index in [2.05, 4.69) is 31.0 Å². The maximum atomic E-state index is 13.8. The van der Waals surface area contributed by atoms with E-state index in [1.54, 1.807) is 12.1 Å². The summed E-state index contributed by atoms with van der Waals surface area (Å²) in [5.74, 6) is -0.0704. The molecule has 0 aromatic heterocycles. The average molecular weight is 236 g/mol. The third kappa shape index (κ3) is 2.04. The van der Waals surface area contributed by atoms with Gasteiger partial charge in [-0.15, -0.1) is 0 Å². The van der Waals surface area contributed by atoms with Gasteiger partial charge in [0.25, 0.3) is 0 Å². The van der Waals surface area contributed by atoms with Crippen molar-refractivity contribution in [2.45, 2.75) is 45.3 Å². The van der Waals surface area contributed by atoms with E-state index in [0.717, 1.165) is 17.7 Å². The Labute approximate surface area is 103 Å². The molecular formula is C14H21FN2.